The molecular formula is C15H13ClFN7O3. The van der Waals surface area contributed by atoms with Crippen LogP contribution in [0.25, 0.3) is 0 Å². The molecule has 27 heavy (non-hydrogen) atoms. The third-order valence-electron chi connectivity index (χ3n) is 3.74. The van der Waals surface area contributed by atoms with Crippen molar-refractivity contribution in [2.45, 2.75) is 20.0 Å². The first-order valence-electron chi connectivity index (χ1n) is 7.64. The van der Waals surface area contributed by atoms with Gasteiger partial charge in [0.2, 0.25) is 11.9 Å². The molecule has 0 bridgehead atoms. The summed E-state index contributed by atoms with van der Waals surface area (Å²) in [5.74, 6) is -0.983. The van der Waals surface area contributed by atoms with Gasteiger partial charge in [0.15, 0.2) is 0 Å². The maximum absolute atomic E-state index is 13.8. The van der Waals surface area contributed by atoms with Crippen LogP contribution in [-0.2, 0) is 17.9 Å². The fraction of sp³-hybridized carbons (Fsp3) is 0.200. The molecule has 1 aromatic carbocycles. The van der Waals surface area contributed by atoms with E-state index in [1.54, 1.807) is 6.07 Å². The highest BCUT2D eigenvalue weighted by atomic mass is 35.5. The largest absolute Gasteiger partial charge is 0.309 e. The van der Waals surface area contributed by atoms with Crippen molar-refractivity contribution >= 4 is 29.1 Å². The standard InChI is InChI=1S/C15H13ClFN7O3/c1-9-13(24(26)27)5-19-23(9)7-14(25)20-15-18-8-22(21-15)6-10-11(16)3-2-4-12(10)17/h2-5,8H,6-7H2,1H3,(H,20,21,25). The lowest BCUT2D eigenvalue weighted by Crippen LogP contribution is -2.21. The third-order valence-corrected chi connectivity index (χ3v) is 4.09. The van der Waals surface area contributed by atoms with Crippen LogP contribution in [0.5, 0.6) is 0 Å². The SMILES string of the molecule is Cc1c([N+](=O)[O-])cnn1CC(=O)Nc1ncn(Cc2c(F)cccc2Cl)n1. The molecule has 0 saturated heterocycles. The van der Waals surface area contributed by atoms with Gasteiger partial charge in [-0.2, -0.15) is 5.10 Å². The van der Waals surface area contributed by atoms with Crippen LogP contribution in [0.4, 0.5) is 16.0 Å². The third kappa shape index (κ3) is 4.08. The van der Waals surface area contributed by atoms with Crippen molar-refractivity contribution in [3.8, 4) is 0 Å². The molecule has 0 spiro atoms. The number of amides is 1. The quantitative estimate of drug-likeness (QED) is 0.506. The molecule has 0 aliphatic carbocycles. The molecular weight excluding hydrogens is 381 g/mol. The Labute approximate surface area is 156 Å². The van der Waals surface area contributed by atoms with Crippen LogP contribution in [0.1, 0.15) is 11.3 Å². The van der Waals surface area contributed by atoms with E-state index in [4.69, 9.17) is 11.6 Å². The molecule has 2 aromatic heterocycles. The zero-order valence-corrected chi connectivity index (χ0v) is 14.7. The van der Waals surface area contributed by atoms with E-state index in [1.165, 1.54) is 34.7 Å². The summed E-state index contributed by atoms with van der Waals surface area (Å²) >= 11 is 5.97. The van der Waals surface area contributed by atoms with E-state index in [0.29, 0.717) is 0 Å². The maximum Gasteiger partial charge on any atom is 0.309 e. The fourth-order valence-corrected chi connectivity index (χ4v) is 2.57. The van der Waals surface area contributed by atoms with E-state index in [0.717, 1.165) is 6.20 Å². The second-order valence-corrected chi connectivity index (χ2v) is 5.95. The summed E-state index contributed by atoms with van der Waals surface area (Å²) in [7, 11) is 0. The number of carbonyl (C=O) groups excluding carboxylic acids is 1. The lowest BCUT2D eigenvalue weighted by Gasteiger charge is -2.05. The van der Waals surface area contributed by atoms with Crippen LogP contribution in [0.3, 0.4) is 0 Å². The van der Waals surface area contributed by atoms with E-state index < -0.39 is 16.6 Å². The molecule has 3 rings (SSSR count). The smallest absolute Gasteiger partial charge is 0.292 e. The first kappa shape index (κ1) is 18.5. The molecule has 10 nitrogen and oxygen atoms in total. The number of rotatable bonds is 6. The van der Waals surface area contributed by atoms with Crippen molar-refractivity contribution in [1.82, 2.24) is 24.5 Å². The Morgan fingerprint density at radius 1 is 1.44 bits per heavy atom. The summed E-state index contributed by atoms with van der Waals surface area (Å²) in [6.07, 6.45) is 2.40. The molecule has 0 fully saturated rings. The van der Waals surface area contributed by atoms with Crippen molar-refractivity contribution in [3.63, 3.8) is 0 Å². The minimum absolute atomic E-state index is 0.00627. The Balaban J connectivity index is 1.65. The van der Waals surface area contributed by atoms with E-state index in [9.17, 15) is 19.3 Å². The van der Waals surface area contributed by atoms with Crippen LogP contribution < -0.4 is 5.32 Å². The number of anilines is 1. The number of carbonyl (C=O) groups is 1. The number of aromatic nitrogens is 5. The molecule has 2 heterocycles. The number of hydrogen-bond acceptors (Lipinski definition) is 6. The van der Waals surface area contributed by atoms with E-state index in [1.807, 2.05) is 0 Å². The topological polar surface area (TPSA) is 121 Å². The average Bonchev–Trinajstić information content (AvgIpc) is 3.18. The Kier molecular flexibility index (Phi) is 5.12. The molecule has 0 saturated carbocycles. The van der Waals surface area contributed by atoms with Gasteiger partial charge in [0.25, 0.3) is 0 Å². The van der Waals surface area contributed by atoms with Crippen molar-refractivity contribution in [2.24, 2.45) is 0 Å². The van der Waals surface area contributed by atoms with Crippen LogP contribution in [-0.4, -0.2) is 35.4 Å². The van der Waals surface area contributed by atoms with Gasteiger partial charge in [-0.15, -0.1) is 5.10 Å². The predicted molar refractivity (Wildman–Crippen MR) is 92.8 cm³/mol. The molecule has 140 valence electrons. The summed E-state index contributed by atoms with van der Waals surface area (Å²) in [6, 6.07) is 4.34. The number of benzene rings is 1. The highest BCUT2D eigenvalue weighted by Gasteiger charge is 2.18. The molecule has 1 amide bonds. The monoisotopic (exact) mass is 393 g/mol. The van der Waals surface area contributed by atoms with Gasteiger partial charge in [-0.25, -0.2) is 14.1 Å². The van der Waals surface area contributed by atoms with Crippen LogP contribution in [0.2, 0.25) is 5.02 Å². The molecule has 0 aliphatic rings. The van der Waals surface area contributed by atoms with Gasteiger partial charge < -0.3 is 0 Å². The number of nitrogens with zero attached hydrogens (tertiary/aromatic N) is 6. The Bertz CT molecular complexity index is 997. The van der Waals surface area contributed by atoms with Gasteiger partial charge in [-0.05, 0) is 19.1 Å². The molecule has 0 radical (unpaired) electrons. The molecule has 1 N–H and O–H groups in total. The minimum atomic E-state index is -0.576. The zero-order valence-electron chi connectivity index (χ0n) is 14.0. The van der Waals surface area contributed by atoms with Crippen molar-refractivity contribution in [2.75, 3.05) is 5.32 Å². The lowest BCUT2D eigenvalue weighted by atomic mass is 10.2. The normalized spacial score (nSPS) is 10.8. The van der Waals surface area contributed by atoms with Gasteiger partial charge in [0.05, 0.1) is 11.5 Å². The minimum Gasteiger partial charge on any atom is -0.292 e. The van der Waals surface area contributed by atoms with Gasteiger partial charge in [0.1, 0.15) is 30.6 Å². The highest BCUT2D eigenvalue weighted by molar-refractivity contribution is 6.31. The lowest BCUT2D eigenvalue weighted by molar-refractivity contribution is -0.385. The van der Waals surface area contributed by atoms with Crippen LogP contribution in [0.15, 0.2) is 30.7 Å². The van der Waals surface area contributed by atoms with Crippen molar-refractivity contribution < 1.29 is 14.1 Å². The van der Waals surface area contributed by atoms with E-state index >= 15 is 0 Å². The first-order chi connectivity index (χ1) is 12.8. The molecule has 0 aliphatic heterocycles. The summed E-state index contributed by atoms with van der Waals surface area (Å²) in [5, 5.41) is 21.4. The predicted octanol–water partition coefficient (Wildman–Crippen LogP) is 2.17. The Morgan fingerprint density at radius 3 is 2.89 bits per heavy atom. The summed E-state index contributed by atoms with van der Waals surface area (Å²) in [6.45, 7) is 1.29. The number of nitro groups is 1. The van der Waals surface area contributed by atoms with E-state index in [2.05, 4.69) is 20.5 Å². The number of nitrogens with one attached hydrogen (secondary N) is 1. The fourth-order valence-electron chi connectivity index (χ4n) is 2.35. The van der Waals surface area contributed by atoms with Crippen LogP contribution >= 0.6 is 11.6 Å². The second kappa shape index (κ2) is 7.50. The summed E-state index contributed by atoms with van der Waals surface area (Å²) in [4.78, 5) is 26.2. The van der Waals surface area contributed by atoms with Gasteiger partial charge in [0, 0.05) is 10.6 Å². The van der Waals surface area contributed by atoms with Crippen molar-refractivity contribution in [3.05, 3.63) is 62.9 Å². The van der Waals surface area contributed by atoms with Gasteiger partial charge in [-0.3, -0.25) is 24.9 Å². The zero-order chi connectivity index (χ0) is 19.6. The highest BCUT2D eigenvalue weighted by Crippen LogP contribution is 2.20. The van der Waals surface area contributed by atoms with Crippen molar-refractivity contribution in [1.29, 1.82) is 0 Å². The van der Waals surface area contributed by atoms with E-state index in [-0.39, 0.29) is 41.0 Å². The summed E-state index contributed by atoms with van der Waals surface area (Å²) < 4.78 is 16.3. The number of halogens is 2. The molecule has 0 unspecified atom stereocenters. The molecule has 12 heteroatoms. The van der Waals surface area contributed by atoms with Gasteiger partial charge >= 0.3 is 5.69 Å². The Morgan fingerprint density at radius 2 is 2.22 bits per heavy atom. The van der Waals surface area contributed by atoms with Crippen LogP contribution in [0, 0.1) is 22.9 Å². The Hall–Kier alpha value is -3.34. The number of hydrogen-bond donors (Lipinski definition) is 1. The first-order valence-corrected chi connectivity index (χ1v) is 8.02. The molecule has 3 aromatic rings. The average molecular weight is 394 g/mol. The maximum atomic E-state index is 13.8. The summed E-state index contributed by atoms with van der Waals surface area (Å²) in [5.41, 5.74) is 0.330. The molecule has 0 atom stereocenters. The van der Waals surface area contributed by atoms with Gasteiger partial charge in [-0.1, -0.05) is 17.7 Å². The second-order valence-electron chi connectivity index (χ2n) is 5.54.